The van der Waals surface area contributed by atoms with E-state index in [1.807, 2.05) is 55.5 Å². The lowest BCUT2D eigenvalue weighted by Gasteiger charge is -2.25. The largest absolute Gasteiger partial charge is 0.384 e. The van der Waals surface area contributed by atoms with Gasteiger partial charge in [0.05, 0.1) is 11.0 Å². The van der Waals surface area contributed by atoms with Crippen LogP contribution in [0.4, 0.5) is 11.5 Å². The molecule has 0 atom stereocenters. The second-order valence-electron chi connectivity index (χ2n) is 8.13. The minimum absolute atomic E-state index is 0.247. The maximum atomic E-state index is 13.3. The lowest BCUT2D eigenvalue weighted by Crippen LogP contribution is -2.18. The molecule has 1 fully saturated rings. The smallest absolute Gasteiger partial charge is 0.261 e. The van der Waals surface area contributed by atoms with E-state index in [4.69, 9.17) is 15.7 Å². The summed E-state index contributed by atoms with van der Waals surface area (Å²) in [5.74, 6) is 0.208. The van der Waals surface area contributed by atoms with Crippen molar-refractivity contribution in [2.45, 2.75) is 45.1 Å². The minimum atomic E-state index is -0.248. The van der Waals surface area contributed by atoms with E-state index in [9.17, 15) is 4.79 Å². The molecule has 2 aromatic heterocycles. The van der Waals surface area contributed by atoms with Crippen LogP contribution in [0, 0.1) is 6.92 Å². The highest BCUT2D eigenvalue weighted by Crippen LogP contribution is 2.37. The second-order valence-corrected chi connectivity index (χ2v) is 8.13. The van der Waals surface area contributed by atoms with E-state index in [0.717, 1.165) is 48.0 Å². The molecule has 152 valence electrons. The van der Waals surface area contributed by atoms with Crippen molar-refractivity contribution in [2.75, 3.05) is 11.1 Å². The molecular formula is C24H25N5O. The Balaban J connectivity index is 1.68. The summed E-state index contributed by atoms with van der Waals surface area (Å²) in [5, 5.41) is 3.00. The van der Waals surface area contributed by atoms with Crippen molar-refractivity contribution in [2.24, 2.45) is 0 Å². The highest BCUT2D eigenvalue weighted by atomic mass is 16.1. The average molecular weight is 399 g/mol. The van der Waals surface area contributed by atoms with Gasteiger partial charge in [0, 0.05) is 11.7 Å². The van der Waals surface area contributed by atoms with E-state index in [-0.39, 0.29) is 11.9 Å². The van der Waals surface area contributed by atoms with Crippen molar-refractivity contribution in [1.29, 1.82) is 0 Å². The average Bonchev–Trinajstić information content (AvgIpc) is 3.03. The van der Waals surface area contributed by atoms with Crippen LogP contribution >= 0.6 is 0 Å². The van der Waals surface area contributed by atoms with Crippen molar-refractivity contribution in [1.82, 2.24) is 14.5 Å². The van der Waals surface area contributed by atoms with Gasteiger partial charge >= 0.3 is 0 Å². The van der Waals surface area contributed by atoms with Crippen LogP contribution in [0.2, 0.25) is 0 Å². The van der Waals surface area contributed by atoms with Crippen LogP contribution in [0.3, 0.4) is 0 Å². The number of hydrogen-bond acceptors (Lipinski definition) is 4. The van der Waals surface area contributed by atoms with E-state index in [0.29, 0.717) is 22.5 Å². The fourth-order valence-corrected chi connectivity index (χ4v) is 4.53. The van der Waals surface area contributed by atoms with Crippen LogP contribution < -0.4 is 11.1 Å². The lowest BCUT2D eigenvalue weighted by molar-refractivity contribution is 0.102. The SMILES string of the molecule is Cc1cccc(NC(=O)c2c(N)n(C3CCCCC3)c3nc4ccccc4nc23)c1. The van der Waals surface area contributed by atoms with E-state index < -0.39 is 0 Å². The number of fused-ring (bicyclic) bond motifs is 2. The zero-order valence-corrected chi connectivity index (χ0v) is 17.1. The van der Waals surface area contributed by atoms with Crippen LogP contribution in [-0.2, 0) is 0 Å². The number of carbonyl (C=O) groups excluding carboxylic acids is 1. The van der Waals surface area contributed by atoms with Crippen LogP contribution in [0.15, 0.2) is 48.5 Å². The molecule has 0 spiro atoms. The quantitative estimate of drug-likeness (QED) is 0.494. The number of aromatic nitrogens is 3. The van der Waals surface area contributed by atoms with Gasteiger partial charge in [-0.2, -0.15) is 0 Å². The molecule has 4 aromatic rings. The van der Waals surface area contributed by atoms with Gasteiger partial charge in [-0.3, -0.25) is 4.79 Å². The molecule has 30 heavy (non-hydrogen) atoms. The predicted molar refractivity (Wildman–Crippen MR) is 121 cm³/mol. The number of nitrogen functional groups attached to an aromatic ring is 1. The number of amides is 1. The Morgan fingerprint density at radius 1 is 1.03 bits per heavy atom. The van der Waals surface area contributed by atoms with E-state index in [2.05, 4.69) is 9.88 Å². The molecule has 0 unspecified atom stereocenters. The normalized spacial score (nSPS) is 15.0. The molecular weight excluding hydrogens is 374 g/mol. The predicted octanol–water partition coefficient (Wildman–Crippen LogP) is 5.23. The summed E-state index contributed by atoms with van der Waals surface area (Å²) in [6, 6.07) is 15.7. The van der Waals surface area contributed by atoms with E-state index >= 15 is 0 Å². The molecule has 0 aliphatic heterocycles. The highest BCUT2D eigenvalue weighted by Gasteiger charge is 2.28. The van der Waals surface area contributed by atoms with Gasteiger partial charge in [0.1, 0.15) is 16.9 Å². The minimum Gasteiger partial charge on any atom is -0.384 e. The first kappa shape index (κ1) is 18.6. The Labute approximate surface area is 175 Å². The number of rotatable bonds is 3. The summed E-state index contributed by atoms with van der Waals surface area (Å²) in [7, 11) is 0. The zero-order chi connectivity index (χ0) is 20.7. The number of carbonyl (C=O) groups is 1. The maximum absolute atomic E-state index is 13.3. The summed E-state index contributed by atoms with van der Waals surface area (Å²) in [6.45, 7) is 2.00. The summed E-state index contributed by atoms with van der Waals surface area (Å²) < 4.78 is 2.05. The van der Waals surface area contributed by atoms with Gasteiger partial charge in [-0.1, -0.05) is 43.5 Å². The molecule has 0 radical (unpaired) electrons. The van der Waals surface area contributed by atoms with Gasteiger partial charge < -0.3 is 15.6 Å². The summed E-state index contributed by atoms with van der Waals surface area (Å²) >= 11 is 0. The number of anilines is 2. The first-order valence-electron chi connectivity index (χ1n) is 10.6. The summed E-state index contributed by atoms with van der Waals surface area (Å²) in [6.07, 6.45) is 5.65. The molecule has 6 heteroatoms. The van der Waals surface area contributed by atoms with Crippen molar-refractivity contribution < 1.29 is 4.79 Å². The van der Waals surface area contributed by atoms with Gasteiger partial charge in [0.25, 0.3) is 5.91 Å². The third kappa shape index (κ3) is 3.18. The van der Waals surface area contributed by atoms with Gasteiger partial charge in [-0.15, -0.1) is 0 Å². The molecule has 6 nitrogen and oxygen atoms in total. The van der Waals surface area contributed by atoms with Crippen LogP contribution in [-0.4, -0.2) is 20.4 Å². The number of benzene rings is 2. The Hall–Kier alpha value is -3.41. The second kappa shape index (κ2) is 7.44. The molecule has 1 amide bonds. The molecule has 3 N–H and O–H groups in total. The lowest BCUT2D eigenvalue weighted by atomic mass is 9.95. The third-order valence-corrected chi connectivity index (χ3v) is 5.98. The Kier molecular flexibility index (Phi) is 4.62. The topological polar surface area (TPSA) is 85.8 Å². The third-order valence-electron chi connectivity index (χ3n) is 5.98. The monoisotopic (exact) mass is 399 g/mol. The molecule has 1 saturated carbocycles. The van der Waals surface area contributed by atoms with Crippen molar-refractivity contribution >= 4 is 39.6 Å². The Morgan fingerprint density at radius 2 is 1.77 bits per heavy atom. The van der Waals surface area contributed by atoms with Gasteiger partial charge in [-0.25, -0.2) is 9.97 Å². The number of nitrogens with zero attached hydrogens (tertiary/aromatic N) is 3. The van der Waals surface area contributed by atoms with Gasteiger partial charge in [0.15, 0.2) is 5.65 Å². The number of aryl methyl sites for hydroxylation is 1. The number of nitrogens with one attached hydrogen (secondary N) is 1. The molecule has 1 aliphatic rings. The van der Waals surface area contributed by atoms with Gasteiger partial charge in [-0.05, 0) is 49.6 Å². The van der Waals surface area contributed by atoms with E-state index in [1.165, 1.54) is 6.42 Å². The highest BCUT2D eigenvalue weighted by molar-refractivity contribution is 6.16. The first-order chi connectivity index (χ1) is 14.6. The van der Waals surface area contributed by atoms with Crippen molar-refractivity contribution in [3.05, 3.63) is 59.7 Å². The molecule has 0 bridgehead atoms. The van der Waals surface area contributed by atoms with Crippen LogP contribution in [0.1, 0.15) is 54.1 Å². The fourth-order valence-electron chi connectivity index (χ4n) is 4.53. The number of para-hydroxylation sites is 2. The number of hydrogen-bond donors (Lipinski definition) is 2. The van der Waals surface area contributed by atoms with Crippen molar-refractivity contribution in [3.63, 3.8) is 0 Å². The van der Waals surface area contributed by atoms with Crippen molar-refractivity contribution in [3.8, 4) is 0 Å². The fraction of sp³-hybridized carbons (Fsp3) is 0.292. The maximum Gasteiger partial charge on any atom is 0.261 e. The molecule has 5 rings (SSSR count). The first-order valence-corrected chi connectivity index (χ1v) is 10.6. The molecule has 1 aliphatic carbocycles. The van der Waals surface area contributed by atoms with Crippen LogP contribution in [0.5, 0.6) is 0 Å². The Bertz CT molecular complexity index is 1250. The molecule has 2 aromatic carbocycles. The summed E-state index contributed by atoms with van der Waals surface area (Å²) in [4.78, 5) is 23.0. The van der Waals surface area contributed by atoms with E-state index in [1.54, 1.807) is 0 Å². The molecule has 0 saturated heterocycles. The number of nitrogens with two attached hydrogens (primary N) is 1. The zero-order valence-electron chi connectivity index (χ0n) is 17.1. The molecule has 2 heterocycles. The Morgan fingerprint density at radius 3 is 2.50 bits per heavy atom. The van der Waals surface area contributed by atoms with Gasteiger partial charge in [0.2, 0.25) is 0 Å². The summed E-state index contributed by atoms with van der Waals surface area (Å²) in [5.41, 5.74) is 11.7. The van der Waals surface area contributed by atoms with Crippen LogP contribution in [0.25, 0.3) is 22.2 Å². The standard InChI is InChI=1S/C24H25N5O/c1-15-8-7-9-16(14-15)26-24(30)20-21-23(28-19-13-6-5-12-18(19)27-21)29(22(20)25)17-10-3-2-4-11-17/h5-9,12-14,17H,2-4,10-11,25H2,1H3,(H,26,30).